The van der Waals surface area contributed by atoms with E-state index in [4.69, 9.17) is 12.2 Å². The third-order valence-corrected chi connectivity index (χ3v) is 4.09. The van der Waals surface area contributed by atoms with Crippen LogP contribution >= 0.6 is 27.3 Å². The Bertz CT molecular complexity index is 356. The second-order valence-electron chi connectivity index (χ2n) is 3.60. The van der Waals surface area contributed by atoms with Crippen molar-refractivity contribution in [3.05, 3.63) is 20.8 Å². The van der Waals surface area contributed by atoms with Crippen molar-refractivity contribution in [2.75, 3.05) is 6.54 Å². The first-order chi connectivity index (χ1) is 7.71. The lowest BCUT2D eigenvalue weighted by Gasteiger charge is -2.20. The molecule has 0 aliphatic rings. The molecular formula is C12H17BrN2S. The predicted octanol–water partition coefficient (Wildman–Crippen LogP) is 2.90. The summed E-state index contributed by atoms with van der Waals surface area (Å²) in [7, 11) is 0. The maximum absolute atomic E-state index is 5.77. The Balaban J connectivity index is 2.65. The molecule has 4 heteroatoms. The third-order valence-electron chi connectivity index (χ3n) is 2.35. The van der Waals surface area contributed by atoms with Gasteiger partial charge in [-0.3, -0.25) is 5.32 Å². The van der Waals surface area contributed by atoms with Gasteiger partial charge in [0.15, 0.2) is 0 Å². The van der Waals surface area contributed by atoms with Crippen LogP contribution in [0.1, 0.15) is 30.7 Å². The Morgan fingerprint density at radius 2 is 2.38 bits per heavy atom. The van der Waals surface area contributed by atoms with Crippen molar-refractivity contribution in [1.82, 2.24) is 5.32 Å². The number of nitrogens with two attached hydrogens (primary N) is 1. The number of hydrogen-bond donors (Lipinski definition) is 2. The third kappa shape index (κ3) is 3.91. The Morgan fingerprint density at radius 3 is 2.81 bits per heavy atom. The number of thiophene rings is 1. The average molecular weight is 301 g/mol. The first kappa shape index (κ1) is 13.7. The van der Waals surface area contributed by atoms with Crippen LogP contribution in [-0.4, -0.2) is 12.6 Å². The molecule has 0 aliphatic heterocycles. The Hall–Kier alpha value is -0.340. The molecule has 0 fully saturated rings. The van der Waals surface area contributed by atoms with Crippen LogP contribution in [0, 0.1) is 12.3 Å². The summed E-state index contributed by atoms with van der Waals surface area (Å²) >= 11 is 5.15. The SMILES string of the molecule is C#CC(CCC)NC(CN)c1ccc(Br)s1. The van der Waals surface area contributed by atoms with Gasteiger partial charge in [0, 0.05) is 11.4 Å². The molecule has 0 bridgehead atoms. The van der Waals surface area contributed by atoms with Crippen LogP contribution in [0.2, 0.25) is 0 Å². The Labute approximate surface area is 110 Å². The van der Waals surface area contributed by atoms with Crippen molar-refractivity contribution in [3.63, 3.8) is 0 Å². The molecular weight excluding hydrogens is 284 g/mol. The van der Waals surface area contributed by atoms with E-state index in [1.165, 1.54) is 4.88 Å². The van der Waals surface area contributed by atoms with Gasteiger partial charge < -0.3 is 5.73 Å². The molecule has 2 nitrogen and oxygen atoms in total. The largest absolute Gasteiger partial charge is 0.329 e. The molecule has 2 unspecified atom stereocenters. The van der Waals surface area contributed by atoms with Crippen molar-refractivity contribution in [2.24, 2.45) is 5.73 Å². The maximum Gasteiger partial charge on any atom is 0.0702 e. The molecule has 0 aliphatic carbocycles. The van der Waals surface area contributed by atoms with E-state index in [1.54, 1.807) is 11.3 Å². The fourth-order valence-electron chi connectivity index (χ4n) is 1.53. The molecule has 1 aromatic rings. The average Bonchev–Trinajstić information content (AvgIpc) is 2.71. The Morgan fingerprint density at radius 1 is 1.62 bits per heavy atom. The fraction of sp³-hybridized carbons (Fsp3) is 0.500. The van der Waals surface area contributed by atoms with E-state index >= 15 is 0 Å². The standard InChI is InChI=1S/C12H17BrN2S/c1-3-5-9(4-2)15-10(8-14)11-6-7-12(13)16-11/h2,6-7,9-10,15H,3,5,8,14H2,1H3. The van der Waals surface area contributed by atoms with E-state index < -0.39 is 0 Å². The van der Waals surface area contributed by atoms with E-state index in [1.807, 2.05) is 6.07 Å². The normalized spacial score (nSPS) is 14.4. The van der Waals surface area contributed by atoms with Crippen LogP contribution in [0.5, 0.6) is 0 Å². The molecule has 2 atom stereocenters. The van der Waals surface area contributed by atoms with Crippen LogP contribution in [0.15, 0.2) is 15.9 Å². The van der Waals surface area contributed by atoms with Gasteiger partial charge in [0.05, 0.1) is 15.9 Å². The molecule has 0 radical (unpaired) electrons. The molecule has 0 amide bonds. The summed E-state index contributed by atoms with van der Waals surface area (Å²) in [5, 5.41) is 3.41. The maximum atomic E-state index is 5.77. The number of hydrogen-bond acceptors (Lipinski definition) is 3. The van der Waals surface area contributed by atoms with Gasteiger partial charge in [-0.05, 0) is 34.5 Å². The van der Waals surface area contributed by atoms with Gasteiger partial charge in [0.2, 0.25) is 0 Å². The fourth-order valence-corrected chi connectivity index (χ4v) is 3.02. The monoisotopic (exact) mass is 300 g/mol. The Kier molecular flexibility index (Phi) is 6.07. The number of rotatable bonds is 6. The van der Waals surface area contributed by atoms with Gasteiger partial charge >= 0.3 is 0 Å². The molecule has 3 N–H and O–H groups in total. The van der Waals surface area contributed by atoms with Crippen LogP contribution < -0.4 is 11.1 Å². The lowest BCUT2D eigenvalue weighted by atomic mass is 10.1. The predicted molar refractivity (Wildman–Crippen MR) is 74.5 cm³/mol. The van der Waals surface area contributed by atoms with Crippen LogP contribution in [-0.2, 0) is 0 Å². The lowest BCUT2D eigenvalue weighted by molar-refractivity contribution is 0.480. The zero-order chi connectivity index (χ0) is 12.0. The van der Waals surface area contributed by atoms with E-state index in [9.17, 15) is 0 Å². The molecule has 0 spiro atoms. The van der Waals surface area contributed by atoms with E-state index in [0.29, 0.717) is 6.54 Å². The van der Waals surface area contributed by atoms with Crippen molar-refractivity contribution in [1.29, 1.82) is 0 Å². The van der Waals surface area contributed by atoms with Gasteiger partial charge in [0.25, 0.3) is 0 Å². The van der Waals surface area contributed by atoms with Crippen molar-refractivity contribution in [2.45, 2.75) is 31.8 Å². The van der Waals surface area contributed by atoms with Crippen LogP contribution in [0.3, 0.4) is 0 Å². The molecule has 0 saturated carbocycles. The van der Waals surface area contributed by atoms with Crippen molar-refractivity contribution < 1.29 is 0 Å². The molecule has 0 saturated heterocycles. The smallest absolute Gasteiger partial charge is 0.0702 e. The second-order valence-corrected chi connectivity index (χ2v) is 6.10. The number of nitrogens with one attached hydrogen (secondary N) is 1. The van der Waals surface area contributed by atoms with Crippen LogP contribution in [0.4, 0.5) is 0 Å². The second kappa shape index (κ2) is 7.08. The first-order valence-corrected chi connectivity index (χ1v) is 6.99. The summed E-state index contributed by atoms with van der Waals surface area (Å²) < 4.78 is 1.12. The van der Waals surface area contributed by atoms with Crippen LogP contribution in [0.25, 0.3) is 0 Å². The van der Waals surface area contributed by atoms with Gasteiger partial charge in [-0.2, -0.15) is 0 Å². The molecule has 16 heavy (non-hydrogen) atoms. The highest BCUT2D eigenvalue weighted by molar-refractivity contribution is 9.11. The first-order valence-electron chi connectivity index (χ1n) is 5.38. The van der Waals surface area contributed by atoms with Crippen molar-refractivity contribution >= 4 is 27.3 Å². The summed E-state index contributed by atoms with van der Waals surface area (Å²) in [5.74, 6) is 2.77. The summed E-state index contributed by atoms with van der Waals surface area (Å²) in [6.07, 6.45) is 7.55. The molecule has 1 heterocycles. The minimum absolute atomic E-state index is 0.111. The van der Waals surface area contributed by atoms with Gasteiger partial charge in [-0.1, -0.05) is 19.3 Å². The summed E-state index contributed by atoms with van der Waals surface area (Å²) in [5.41, 5.74) is 5.77. The molecule has 1 rings (SSSR count). The topological polar surface area (TPSA) is 38.0 Å². The zero-order valence-corrected chi connectivity index (χ0v) is 11.8. The van der Waals surface area contributed by atoms with Gasteiger partial charge in [0.1, 0.15) is 0 Å². The molecule has 0 aromatic carbocycles. The minimum Gasteiger partial charge on any atom is -0.329 e. The molecule has 1 aromatic heterocycles. The van der Waals surface area contributed by atoms with Crippen molar-refractivity contribution in [3.8, 4) is 12.3 Å². The highest BCUT2D eigenvalue weighted by atomic mass is 79.9. The van der Waals surface area contributed by atoms with Gasteiger partial charge in [-0.25, -0.2) is 0 Å². The molecule has 88 valence electrons. The van der Waals surface area contributed by atoms with E-state index in [-0.39, 0.29) is 12.1 Å². The summed E-state index contributed by atoms with van der Waals surface area (Å²) in [6.45, 7) is 2.69. The summed E-state index contributed by atoms with van der Waals surface area (Å²) in [6, 6.07) is 4.39. The quantitative estimate of drug-likeness (QED) is 0.793. The lowest BCUT2D eigenvalue weighted by Crippen LogP contribution is -2.35. The highest BCUT2D eigenvalue weighted by Crippen LogP contribution is 2.27. The summed E-state index contributed by atoms with van der Waals surface area (Å²) in [4.78, 5) is 1.23. The highest BCUT2D eigenvalue weighted by Gasteiger charge is 2.15. The van der Waals surface area contributed by atoms with E-state index in [2.05, 4.69) is 40.2 Å². The van der Waals surface area contributed by atoms with Gasteiger partial charge in [-0.15, -0.1) is 17.8 Å². The minimum atomic E-state index is 0.111. The zero-order valence-electron chi connectivity index (χ0n) is 9.37. The number of terminal acetylenes is 1. The number of halogens is 1. The van der Waals surface area contributed by atoms with E-state index in [0.717, 1.165) is 16.6 Å².